The maximum absolute atomic E-state index is 12.3. The molecule has 4 nitrogen and oxygen atoms in total. The van der Waals surface area contributed by atoms with Gasteiger partial charge in [-0.3, -0.25) is 4.79 Å². The van der Waals surface area contributed by atoms with Crippen LogP contribution in [0.1, 0.15) is 49.5 Å². The van der Waals surface area contributed by atoms with Gasteiger partial charge in [-0.25, -0.2) is 4.79 Å². The molecule has 0 bridgehead atoms. The Morgan fingerprint density at radius 3 is 2.20 bits per heavy atom. The average Bonchev–Trinajstić information content (AvgIpc) is 2.37. The predicted octanol–water partition coefficient (Wildman–Crippen LogP) is 4.07. The Kier molecular flexibility index (Phi) is 5.08. The normalized spacial score (nSPS) is 11.1. The van der Waals surface area contributed by atoms with Gasteiger partial charge in [0.25, 0.3) is 0 Å². The second-order valence-electron chi connectivity index (χ2n) is 5.25. The van der Waals surface area contributed by atoms with E-state index in [1.165, 1.54) is 13.8 Å². The third kappa shape index (κ3) is 3.95. The number of ketones is 1. The lowest BCUT2D eigenvalue weighted by Crippen LogP contribution is -2.37. The molecule has 0 heterocycles. The van der Waals surface area contributed by atoms with Gasteiger partial charge in [0.2, 0.25) is 5.78 Å². The number of hydrogen-bond acceptors (Lipinski definition) is 4. The van der Waals surface area contributed by atoms with E-state index in [-0.39, 0.29) is 5.78 Å². The quantitative estimate of drug-likeness (QED) is 0.462. The summed E-state index contributed by atoms with van der Waals surface area (Å²) in [5.41, 5.74) is 0.344. The van der Waals surface area contributed by atoms with E-state index in [4.69, 9.17) is 4.74 Å². The molecular weight excluding hydrogens is 256 g/mol. The van der Waals surface area contributed by atoms with Crippen molar-refractivity contribution < 1.29 is 19.1 Å². The molecule has 0 aromatic heterocycles. The van der Waals surface area contributed by atoms with E-state index in [1.54, 1.807) is 12.1 Å². The Balaban J connectivity index is 2.87. The lowest BCUT2D eigenvalue weighted by atomic mass is 9.94. The molecule has 0 unspecified atom stereocenters. The average molecular weight is 276 g/mol. The number of carbonyl (C=O) groups is 2. The largest absolute Gasteiger partial charge is 0.514 e. The monoisotopic (exact) mass is 276 g/mol. The van der Waals surface area contributed by atoms with Gasteiger partial charge in [-0.05, 0) is 25.3 Å². The maximum atomic E-state index is 12.3. The summed E-state index contributed by atoms with van der Waals surface area (Å²) in [6, 6.07) is 7.27. The molecule has 0 radical (unpaired) electrons. The first kappa shape index (κ1) is 16.0. The zero-order valence-electron chi connectivity index (χ0n) is 12.3. The first-order valence-electron chi connectivity index (χ1n) is 6.43. The molecule has 4 heteroatoms. The molecule has 0 atom stereocenters. The van der Waals surface area contributed by atoms with Crippen LogP contribution in [0.4, 0.5) is 4.79 Å². The standard InChI is InChI=1S/C16H20O4/c1-6-19-15(18)20-16(4,5)14(17)13-9-7-12(8-10-13)11(2)3/h6-11H,1H2,2-5H3. The molecule has 0 saturated carbocycles. The van der Waals surface area contributed by atoms with Gasteiger partial charge < -0.3 is 9.47 Å². The van der Waals surface area contributed by atoms with Crippen LogP contribution in [0, 0.1) is 0 Å². The predicted molar refractivity (Wildman–Crippen MR) is 76.7 cm³/mol. The highest BCUT2D eigenvalue weighted by atomic mass is 16.7. The lowest BCUT2D eigenvalue weighted by Gasteiger charge is -2.22. The van der Waals surface area contributed by atoms with Gasteiger partial charge in [-0.15, -0.1) is 0 Å². The van der Waals surface area contributed by atoms with Crippen LogP contribution in [-0.4, -0.2) is 17.5 Å². The van der Waals surface area contributed by atoms with Gasteiger partial charge >= 0.3 is 6.16 Å². The third-order valence-electron chi connectivity index (χ3n) is 2.90. The van der Waals surface area contributed by atoms with Crippen molar-refractivity contribution in [1.82, 2.24) is 0 Å². The van der Waals surface area contributed by atoms with Gasteiger partial charge in [-0.2, -0.15) is 0 Å². The maximum Gasteiger partial charge on any atom is 0.514 e. The summed E-state index contributed by atoms with van der Waals surface area (Å²) < 4.78 is 9.46. The van der Waals surface area contributed by atoms with E-state index in [0.29, 0.717) is 11.5 Å². The molecule has 1 rings (SSSR count). The van der Waals surface area contributed by atoms with Gasteiger partial charge in [0.15, 0.2) is 5.60 Å². The molecule has 1 aromatic rings. The minimum Gasteiger partial charge on any atom is -0.420 e. The molecule has 0 spiro atoms. The van der Waals surface area contributed by atoms with Crippen molar-refractivity contribution in [2.75, 3.05) is 0 Å². The van der Waals surface area contributed by atoms with E-state index in [9.17, 15) is 9.59 Å². The SMILES string of the molecule is C=COC(=O)OC(C)(C)C(=O)c1ccc(C(C)C)cc1. The third-order valence-corrected chi connectivity index (χ3v) is 2.90. The molecule has 1 aromatic carbocycles. The summed E-state index contributed by atoms with van der Waals surface area (Å²) in [5.74, 6) is 0.111. The highest BCUT2D eigenvalue weighted by Gasteiger charge is 2.33. The Labute approximate surface area is 119 Å². The van der Waals surface area contributed by atoms with Gasteiger partial charge in [-0.1, -0.05) is 44.7 Å². The van der Waals surface area contributed by atoms with Crippen LogP contribution in [0.15, 0.2) is 37.1 Å². The molecule has 0 aliphatic rings. The van der Waals surface area contributed by atoms with Crippen molar-refractivity contribution in [3.8, 4) is 0 Å². The van der Waals surface area contributed by atoms with Crippen molar-refractivity contribution in [2.45, 2.75) is 39.2 Å². The van der Waals surface area contributed by atoms with Crippen LogP contribution in [0.3, 0.4) is 0 Å². The molecule has 0 aliphatic heterocycles. The molecule has 0 aliphatic carbocycles. The zero-order valence-corrected chi connectivity index (χ0v) is 12.3. The summed E-state index contributed by atoms with van der Waals surface area (Å²) in [6.07, 6.45) is 0.0116. The highest BCUT2D eigenvalue weighted by Crippen LogP contribution is 2.21. The van der Waals surface area contributed by atoms with Crippen LogP contribution in [-0.2, 0) is 9.47 Å². The molecule has 0 fully saturated rings. The number of carbonyl (C=O) groups excluding carboxylic acids is 2. The number of rotatable bonds is 5. The summed E-state index contributed by atoms with van der Waals surface area (Å²) in [7, 11) is 0. The zero-order chi connectivity index (χ0) is 15.3. The van der Waals surface area contributed by atoms with Crippen molar-refractivity contribution in [1.29, 1.82) is 0 Å². The molecule has 108 valence electrons. The van der Waals surface area contributed by atoms with Crippen molar-refractivity contribution in [3.63, 3.8) is 0 Å². The molecule has 0 amide bonds. The number of hydrogen-bond donors (Lipinski definition) is 0. The highest BCUT2D eigenvalue weighted by molar-refractivity contribution is 6.02. The summed E-state index contributed by atoms with van der Waals surface area (Å²) in [4.78, 5) is 23.6. The minimum atomic E-state index is -1.29. The van der Waals surface area contributed by atoms with Gasteiger partial charge in [0, 0.05) is 5.56 Å². The molecule has 0 saturated heterocycles. The fourth-order valence-corrected chi connectivity index (χ4v) is 1.71. The second kappa shape index (κ2) is 6.37. The van der Waals surface area contributed by atoms with Crippen LogP contribution < -0.4 is 0 Å². The summed E-state index contributed by atoms with van der Waals surface area (Å²) in [5, 5.41) is 0. The molecular formula is C16H20O4. The Morgan fingerprint density at radius 2 is 1.75 bits per heavy atom. The van der Waals surface area contributed by atoms with Gasteiger partial charge in [0.1, 0.15) is 0 Å². The summed E-state index contributed by atoms with van der Waals surface area (Å²) >= 11 is 0. The molecule has 0 N–H and O–H groups in total. The number of Topliss-reactive ketones (excluding diaryl/α,β-unsaturated/α-hetero) is 1. The van der Waals surface area contributed by atoms with Crippen LogP contribution >= 0.6 is 0 Å². The second-order valence-corrected chi connectivity index (χ2v) is 5.25. The first-order valence-corrected chi connectivity index (χ1v) is 6.43. The topological polar surface area (TPSA) is 52.6 Å². The number of benzene rings is 1. The van der Waals surface area contributed by atoms with Crippen molar-refractivity contribution in [3.05, 3.63) is 48.2 Å². The Bertz CT molecular complexity index is 498. The summed E-state index contributed by atoms with van der Waals surface area (Å²) in [6.45, 7) is 10.5. The van der Waals surface area contributed by atoms with E-state index >= 15 is 0 Å². The number of ether oxygens (including phenoxy) is 2. The van der Waals surface area contributed by atoms with E-state index < -0.39 is 11.8 Å². The lowest BCUT2D eigenvalue weighted by molar-refractivity contribution is 0.00616. The van der Waals surface area contributed by atoms with Crippen molar-refractivity contribution >= 4 is 11.9 Å². The minimum absolute atomic E-state index is 0.284. The smallest absolute Gasteiger partial charge is 0.420 e. The fourth-order valence-electron chi connectivity index (χ4n) is 1.71. The fraction of sp³-hybridized carbons (Fsp3) is 0.375. The van der Waals surface area contributed by atoms with E-state index in [2.05, 4.69) is 25.2 Å². The van der Waals surface area contributed by atoms with E-state index in [1.807, 2.05) is 12.1 Å². The van der Waals surface area contributed by atoms with Crippen LogP contribution in [0.2, 0.25) is 0 Å². The van der Waals surface area contributed by atoms with Crippen LogP contribution in [0.5, 0.6) is 0 Å². The Morgan fingerprint density at radius 1 is 1.20 bits per heavy atom. The molecule has 20 heavy (non-hydrogen) atoms. The van der Waals surface area contributed by atoms with E-state index in [0.717, 1.165) is 11.8 Å². The van der Waals surface area contributed by atoms with Crippen molar-refractivity contribution in [2.24, 2.45) is 0 Å². The Hall–Kier alpha value is -2.10. The first-order chi connectivity index (χ1) is 9.27. The van der Waals surface area contributed by atoms with Gasteiger partial charge in [0.05, 0.1) is 6.26 Å². The van der Waals surface area contributed by atoms with Crippen LogP contribution in [0.25, 0.3) is 0 Å².